The number of carbonyl (C=O) groups is 2. The van der Waals surface area contributed by atoms with Gasteiger partial charge in [-0.25, -0.2) is 0 Å². The predicted molar refractivity (Wildman–Crippen MR) is 148 cm³/mol. The van der Waals surface area contributed by atoms with Gasteiger partial charge in [0.2, 0.25) is 5.91 Å². The van der Waals surface area contributed by atoms with E-state index in [4.69, 9.17) is 27.9 Å². The molecule has 3 rings (SSSR count). The number of ether oxygens (including phenoxy) is 1. The minimum atomic E-state index is -0.765. The highest BCUT2D eigenvalue weighted by Gasteiger charge is 2.31. The zero-order chi connectivity index (χ0) is 26.1. The number of nitrogens with zero attached hydrogens (tertiary/aromatic N) is 1. The van der Waals surface area contributed by atoms with E-state index in [1.54, 1.807) is 24.3 Å². The van der Waals surface area contributed by atoms with Gasteiger partial charge < -0.3 is 15.0 Å². The number of hydrogen-bond donors (Lipinski definition) is 1. The largest absolute Gasteiger partial charge is 0.482 e. The number of halogens is 3. The molecule has 8 heteroatoms. The number of carbonyl (C=O) groups excluding carboxylic acids is 2. The second-order valence-electron chi connectivity index (χ2n) is 8.82. The average molecular weight is 592 g/mol. The summed E-state index contributed by atoms with van der Waals surface area (Å²) >= 11 is 16.1. The Morgan fingerprint density at radius 1 is 0.972 bits per heavy atom. The van der Waals surface area contributed by atoms with Crippen molar-refractivity contribution >= 4 is 50.9 Å². The normalized spacial score (nSPS) is 11.7. The molecule has 0 radical (unpaired) electrons. The van der Waals surface area contributed by atoms with Gasteiger partial charge in [-0.1, -0.05) is 102 Å². The first kappa shape index (κ1) is 28.0. The van der Waals surface area contributed by atoms with E-state index in [9.17, 15) is 9.59 Å². The van der Waals surface area contributed by atoms with Crippen molar-refractivity contribution in [1.29, 1.82) is 0 Å². The van der Waals surface area contributed by atoms with Crippen LogP contribution in [0, 0.1) is 5.92 Å². The molecule has 3 aromatic rings. The molecule has 0 aliphatic rings. The zero-order valence-corrected chi connectivity index (χ0v) is 23.3. The summed E-state index contributed by atoms with van der Waals surface area (Å²) < 4.78 is 6.57. The van der Waals surface area contributed by atoms with Crippen molar-refractivity contribution in [1.82, 2.24) is 10.2 Å². The first-order chi connectivity index (χ1) is 17.2. The molecule has 1 atom stereocenters. The molecule has 5 nitrogen and oxygen atoms in total. The summed E-state index contributed by atoms with van der Waals surface area (Å²) in [6, 6.07) is 21.3. The SMILES string of the molecule is CC(C)CNC(=O)[C@@H](Cc1ccccc1)N(Cc1ccccc1Cl)C(=O)COc1ccc(Br)cc1Cl. The summed E-state index contributed by atoms with van der Waals surface area (Å²) in [7, 11) is 0. The second-order valence-corrected chi connectivity index (χ2v) is 10.6. The predicted octanol–water partition coefficient (Wildman–Crippen LogP) is 6.55. The average Bonchev–Trinajstić information content (AvgIpc) is 2.85. The topological polar surface area (TPSA) is 58.6 Å². The molecule has 36 heavy (non-hydrogen) atoms. The van der Waals surface area contributed by atoms with Crippen molar-refractivity contribution in [3.8, 4) is 5.75 Å². The fraction of sp³-hybridized carbons (Fsp3) is 0.286. The van der Waals surface area contributed by atoms with Crippen LogP contribution in [0.25, 0.3) is 0 Å². The zero-order valence-electron chi connectivity index (χ0n) is 20.2. The molecule has 3 aromatic carbocycles. The summed E-state index contributed by atoms with van der Waals surface area (Å²) in [4.78, 5) is 28.6. The molecule has 0 fully saturated rings. The van der Waals surface area contributed by atoms with Crippen LogP contribution in [0.1, 0.15) is 25.0 Å². The van der Waals surface area contributed by atoms with Crippen LogP contribution in [0.4, 0.5) is 0 Å². The number of hydrogen-bond acceptors (Lipinski definition) is 3. The first-order valence-corrected chi connectivity index (χ1v) is 13.2. The number of benzene rings is 3. The number of rotatable bonds is 11. The van der Waals surface area contributed by atoms with E-state index >= 15 is 0 Å². The van der Waals surface area contributed by atoms with Crippen LogP contribution in [0.3, 0.4) is 0 Å². The maximum absolute atomic E-state index is 13.6. The molecular formula is C28H29BrCl2N2O3. The van der Waals surface area contributed by atoms with Gasteiger partial charge in [0, 0.05) is 29.0 Å². The van der Waals surface area contributed by atoms with Gasteiger partial charge in [0.05, 0.1) is 5.02 Å². The van der Waals surface area contributed by atoms with Crippen LogP contribution in [0.15, 0.2) is 77.3 Å². The molecule has 0 unspecified atom stereocenters. The van der Waals surface area contributed by atoms with E-state index < -0.39 is 6.04 Å². The van der Waals surface area contributed by atoms with Crippen molar-refractivity contribution < 1.29 is 14.3 Å². The lowest BCUT2D eigenvalue weighted by atomic mass is 10.0. The van der Waals surface area contributed by atoms with E-state index in [0.29, 0.717) is 28.8 Å². The first-order valence-electron chi connectivity index (χ1n) is 11.7. The van der Waals surface area contributed by atoms with Crippen LogP contribution in [-0.4, -0.2) is 35.9 Å². The maximum atomic E-state index is 13.6. The third-order valence-corrected chi connectivity index (χ3v) is 6.66. The summed E-state index contributed by atoms with van der Waals surface area (Å²) in [5, 5.41) is 3.90. The van der Waals surface area contributed by atoms with E-state index in [1.165, 1.54) is 4.90 Å². The minimum Gasteiger partial charge on any atom is -0.482 e. The van der Waals surface area contributed by atoms with Gasteiger partial charge in [0.15, 0.2) is 6.61 Å². The van der Waals surface area contributed by atoms with Gasteiger partial charge in [-0.2, -0.15) is 0 Å². The van der Waals surface area contributed by atoms with E-state index in [-0.39, 0.29) is 30.9 Å². The summed E-state index contributed by atoms with van der Waals surface area (Å²) in [5.41, 5.74) is 1.68. The third-order valence-electron chi connectivity index (χ3n) is 5.50. The fourth-order valence-electron chi connectivity index (χ4n) is 3.60. The molecular weight excluding hydrogens is 563 g/mol. The van der Waals surface area contributed by atoms with Crippen LogP contribution in [0.5, 0.6) is 5.75 Å². The molecule has 0 heterocycles. The lowest BCUT2D eigenvalue weighted by Gasteiger charge is -2.32. The van der Waals surface area contributed by atoms with Gasteiger partial charge in [-0.3, -0.25) is 9.59 Å². The van der Waals surface area contributed by atoms with Gasteiger partial charge in [0.1, 0.15) is 11.8 Å². The molecule has 0 spiro atoms. The molecule has 0 aliphatic carbocycles. The molecule has 1 N–H and O–H groups in total. The Bertz CT molecular complexity index is 1170. The Kier molecular flexibility index (Phi) is 10.7. The Morgan fingerprint density at radius 3 is 2.33 bits per heavy atom. The highest BCUT2D eigenvalue weighted by atomic mass is 79.9. The van der Waals surface area contributed by atoms with E-state index in [2.05, 4.69) is 21.2 Å². The number of amides is 2. The van der Waals surface area contributed by atoms with Crippen molar-refractivity contribution in [2.75, 3.05) is 13.2 Å². The second kappa shape index (κ2) is 13.7. The van der Waals surface area contributed by atoms with Crippen molar-refractivity contribution in [3.63, 3.8) is 0 Å². The van der Waals surface area contributed by atoms with Crippen LogP contribution in [0.2, 0.25) is 10.0 Å². The summed E-state index contributed by atoms with van der Waals surface area (Å²) in [5.74, 6) is 0.0702. The molecule has 0 aliphatic heterocycles. The Hall–Kier alpha value is -2.54. The van der Waals surface area contributed by atoms with Crippen LogP contribution >= 0.6 is 39.1 Å². The molecule has 0 saturated carbocycles. The molecule has 0 aromatic heterocycles. The van der Waals surface area contributed by atoms with Gasteiger partial charge in [0.25, 0.3) is 5.91 Å². The third kappa shape index (κ3) is 8.26. The molecule has 0 saturated heterocycles. The lowest BCUT2D eigenvalue weighted by Crippen LogP contribution is -2.52. The maximum Gasteiger partial charge on any atom is 0.261 e. The van der Waals surface area contributed by atoms with Crippen molar-refractivity contribution in [2.45, 2.75) is 32.9 Å². The molecule has 0 bridgehead atoms. The van der Waals surface area contributed by atoms with Crippen LogP contribution in [-0.2, 0) is 22.6 Å². The van der Waals surface area contributed by atoms with E-state index in [0.717, 1.165) is 15.6 Å². The smallest absolute Gasteiger partial charge is 0.261 e. The molecule has 2 amide bonds. The van der Waals surface area contributed by atoms with Crippen molar-refractivity contribution in [2.24, 2.45) is 5.92 Å². The van der Waals surface area contributed by atoms with Gasteiger partial charge >= 0.3 is 0 Å². The summed E-state index contributed by atoms with van der Waals surface area (Å²) in [6.45, 7) is 4.42. The fourth-order valence-corrected chi connectivity index (χ4v) is 4.52. The monoisotopic (exact) mass is 590 g/mol. The molecule has 190 valence electrons. The number of nitrogens with one attached hydrogen (secondary N) is 1. The van der Waals surface area contributed by atoms with Crippen molar-refractivity contribution in [3.05, 3.63) is 98.4 Å². The summed E-state index contributed by atoms with van der Waals surface area (Å²) in [6.07, 6.45) is 0.347. The Balaban J connectivity index is 1.92. The quantitative estimate of drug-likeness (QED) is 0.275. The van der Waals surface area contributed by atoms with Gasteiger partial charge in [-0.15, -0.1) is 0 Å². The standard InChI is InChI=1S/C28H29BrCl2N2O3/c1-19(2)16-32-28(35)25(14-20-8-4-3-5-9-20)33(17-21-10-6-7-11-23(21)30)27(34)18-36-26-13-12-22(29)15-24(26)31/h3-13,15,19,25H,14,16-18H2,1-2H3,(H,32,35)/t25-/m1/s1. The highest BCUT2D eigenvalue weighted by molar-refractivity contribution is 9.10. The lowest BCUT2D eigenvalue weighted by molar-refractivity contribution is -0.142. The van der Waals surface area contributed by atoms with Crippen LogP contribution < -0.4 is 10.1 Å². The minimum absolute atomic E-state index is 0.155. The highest BCUT2D eigenvalue weighted by Crippen LogP contribution is 2.28. The van der Waals surface area contributed by atoms with Gasteiger partial charge in [-0.05, 0) is 41.3 Å². The Labute approximate surface area is 230 Å². The van der Waals surface area contributed by atoms with E-state index in [1.807, 2.05) is 62.4 Å². The Morgan fingerprint density at radius 2 is 1.67 bits per heavy atom.